The minimum Gasteiger partial charge on any atom is -0.343 e. The lowest BCUT2D eigenvalue weighted by Crippen LogP contribution is -2.00. The number of hydrogen-bond acceptors (Lipinski definition) is 3. The maximum Gasteiger partial charge on any atom is 0.236 e. The Bertz CT molecular complexity index is 532. The second-order valence-corrected chi connectivity index (χ2v) is 3.52. The Labute approximate surface area is 98.2 Å². The van der Waals surface area contributed by atoms with Crippen molar-refractivity contribution < 1.29 is 4.92 Å². The number of nitro groups is 1. The smallest absolute Gasteiger partial charge is 0.236 e. The molecule has 0 aliphatic carbocycles. The van der Waals surface area contributed by atoms with Crippen LogP contribution in [0.4, 0.5) is 0 Å². The van der Waals surface area contributed by atoms with Gasteiger partial charge in [-0.1, -0.05) is 6.07 Å². The molecule has 0 aliphatic heterocycles. The molecule has 2 aromatic heterocycles. The Morgan fingerprint density at radius 1 is 1.41 bits per heavy atom. The van der Waals surface area contributed by atoms with Crippen molar-refractivity contribution in [2.75, 3.05) is 0 Å². The number of nitrogens with zero attached hydrogens (tertiary/aromatic N) is 3. The van der Waals surface area contributed by atoms with Crippen molar-refractivity contribution in [3.05, 3.63) is 70.4 Å². The zero-order valence-corrected chi connectivity index (χ0v) is 9.06. The Morgan fingerprint density at radius 3 is 3.00 bits per heavy atom. The van der Waals surface area contributed by atoms with Gasteiger partial charge in [0.15, 0.2) is 0 Å². The summed E-state index contributed by atoms with van der Waals surface area (Å²) in [5, 5.41) is 10.3. The summed E-state index contributed by atoms with van der Waals surface area (Å²) in [7, 11) is 0. The molecule has 0 unspecified atom stereocenters. The van der Waals surface area contributed by atoms with Crippen LogP contribution in [0.15, 0.2) is 49.1 Å². The molecule has 17 heavy (non-hydrogen) atoms. The van der Waals surface area contributed by atoms with E-state index in [9.17, 15) is 10.1 Å². The third-order valence-corrected chi connectivity index (χ3v) is 2.31. The zero-order valence-electron chi connectivity index (χ0n) is 9.06. The summed E-state index contributed by atoms with van der Waals surface area (Å²) in [4.78, 5) is 13.8. The predicted molar refractivity (Wildman–Crippen MR) is 63.8 cm³/mol. The van der Waals surface area contributed by atoms with Crippen LogP contribution in [0.3, 0.4) is 0 Å². The van der Waals surface area contributed by atoms with E-state index in [-0.39, 0.29) is 0 Å². The van der Waals surface area contributed by atoms with Crippen LogP contribution in [-0.4, -0.2) is 14.5 Å². The van der Waals surface area contributed by atoms with E-state index in [1.165, 1.54) is 6.08 Å². The van der Waals surface area contributed by atoms with Crippen LogP contribution in [0.5, 0.6) is 0 Å². The molecule has 0 fully saturated rings. The molecule has 0 aliphatic rings. The lowest BCUT2D eigenvalue weighted by molar-refractivity contribution is -0.401. The van der Waals surface area contributed by atoms with Gasteiger partial charge in [0.1, 0.15) is 0 Å². The van der Waals surface area contributed by atoms with Crippen molar-refractivity contribution in [1.82, 2.24) is 9.55 Å². The van der Waals surface area contributed by atoms with Crippen LogP contribution in [0.1, 0.15) is 11.3 Å². The van der Waals surface area contributed by atoms with Gasteiger partial charge in [-0.3, -0.25) is 15.1 Å². The van der Waals surface area contributed by atoms with Crippen molar-refractivity contribution in [3.8, 4) is 0 Å². The molecular formula is C12H11N3O2. The molecule has 5 heteroatoms. The summed E-state index contributed by atoms with van der Waals surface area (Å²) in [6.45, 7) is 0.651. The molecule has 2 heterocycles. The predicted octanol–water partition coefficient (Wildman–Crippen LogP) is 2.18. The van der Waals surface area contributed by atoms with Gasteiger partial charge >= 0.3 is 0 Å². The summed E-state index contributed by atoms with van der Waals surface area (Å²) >= 11 is 0. The maximum absolute atomic E-state index is 10.3. The summed E-state index contributed by atoms with van der Waals surface area (Å²) in [6.07, 6.45) is 7.80. The van der Waals surface area contributed by atoms with Crippen LogP contribution < -0.4 is 0 Å². The number of aromatic nitrogens is 2. The standard InChI is InChI=1S/C12H11N3O2/c16-15(17)8-5-12-4-2-7-14(12)10-11-3-1-6-13-9-11/h1-9H,10H2. The van der Waals surface area contributed by atoms with Crippen LogP contribution in [0, 0.1) is 10.1 Å². The molecule has 2 aromatic rings. The van der Waals surface area contributed by atoms with Gasteiger partial charge in [0.05, 0.1) is 4.92 Å². The van der Waals surface area contributed by atoms with Gasteiger partial charge in [-0.25, -0.2) is 0 Å². The molecule has 2 rings (SSSR count). The highest BCUT2D eigenvalue weighted by Crippen LogP contribution is 2.08. The van der Waals surface area contributed by atoms with Gasteiger partial charge in [-0.2, -0.15) is 0 Å². The monoisotopic (exact) mass is 229 g/mol. The highest BCUT2D eigenvalue weighted by molar-refractivity contribution is 5.44. The molecular weight excluding hydrogens is 218 g/mol. The molecule has 0 saturated heterocycles. The van der Waals surface area contributed by atoms with E-state index in [1.807, 2.05) is 35.0 Å². The van der Waals surface area contributed by atoms with Gasteiger partial charge in [0, 0.05) is 36.9 Å². The average molecular weight is 229 g/mol. The lowest BCUT2D eigenvalue weighted by atomic mass is 10.3. The van der Waals surface area contributed by atoms with Crippen LogP contribution >= 0.6 is 0 Å². The molecule has 0 saturated carbocycles. The zero-order chi connectivity index (χ0) is 12.1. The number of pyridine rings is 1. The van der Waals surface area contributed by atoms with Crippen molar-refractivity contribution in [2.45, 2.75) is 6.54 Å². The molecule has 0 atom stereocenters. The van der Waals surface area contributed by atoms with Gasteiger partial charge in [-0.05, 0) is 23.8 Å². The van der Waals surface area contributed by atoms with E-state index < -0.39 is 4.92 Å². The number of hydrogen-bond donors (Lipinski definition) is 0. The minimum atomic E-state index is -0.471. The van der Waals surface area contributed by atoms with E-state index in [0.717, 1.165) is 17.5 Å². The van der Waals surface area contributed by atoms with E-state index in [1.54, 1.807) is 12.4 Å². The van der Waals surface area contributed by atoms with E-state index >= 15 is 0 Å². The Morgan fingerprint density at radius 2 is 2.29 bits per heavy atom. The van der Waals surface area contributed by atoms with Crippen molar-refractivity contribution in [1.29, 1.82) is 0 Å². The van der Waals surface area contributed by atoms with E-state index in [2.05, 4.69) is 4.98 Å². The van der Waals surface area contributed by atoms with Crippen molar-refractivity contribution in [2.24, 2.45) is 0 Å². The minimum absolute atomic E-state index is 0.471. The fourth-order valence-electron chi connectivity index (χ4n) is 1.55. The molecule has 0 spiro atoms. The van der Waals surface area contributed by atoms with Gasteiger partial charge in [0.2, 0.25) is 6.20 Å². The van der Waals surface area contributed by atoms with Crippen LogP contribution in [0.25, 0.3) is 6.08 Å². The topological polar surface area (TPSA) is 61.0 Å². The highest BCUT2D eigenvalue weighted by atomic mass is 16.6. The summed E-state index contributed by atoms with van der Waals surface area (Å²) in [5.41, 5.74) is 1.85. The number of rotatable bonds is 4. The molecule has 0 amide bonds. The Balaban J connectivity index is 2.17. The first-order valence-electron chi connectivity index (χ1n) is 5.11. The molecule has 0 N–H and O–H groups in total. The Hall–Kier alpha value is -2.43. The van der Waals surface area contributed by atoms with Crippen molar-refractivity contribution >= 4 is 6.08 Å². The second-order valence-electron chi connectivity index (χ2n) is 3.52. The molecule has 0 aromatic carbocycles. The Kier molecular flexibility index (Phi) is 3.30. The van der Waals surface area contributed by atoms with Crippen molar-refractivity contribution in [3.63, 3.8) is 0 Å². The molecule has 0 radical (unpaired) electrons. The summed E-state index contributed by atoms with van der Waals surface area (Å²) < 4.78 is 1.93. The quantitative estimate of drug-likeness (QED) is 0.596. The van der Waals surface area contributed by atoms with E-state index in [4.69, 9.17) is 0 Å². The first-order valence-corrected chi connectivity index (χ1v) is 5.11. The highest BCUT2D eigenvalue weighted by Gasteiger charge is 2.00. The third kappa shape index (κ3) is 3.01. The molecule has 5 nitrogen and oxygen atoms in total. The van der Waals surface area contributed by atoms with Gasteiger partial charge in [0.25, 0.3) is 0 Å². The fraction of sp³-hybridized carbons (Fsp3) is 0.0833. The first-order chi connectivity index (χ1) is 8.25. The summed E-state index contributed by atoms with van der Waals surface area (Å²) in [6, 6.07) is 7.52. The molecule has 86 valence electrons. The first kappa shape index (κ1) is 11.1. The largest absolute Gasteiger partial charge is 0.343 e. The fourth-order valence-corrected chi connectivity index (χ4v) is 1.55. The van der Waals surface area contributed by atoms with Gasteiger partial charge in [-0.15, -0.1) is 0 Å². The van der Waals surface area contributed by atoms with E-state index in [0.29, 0.717) is 6.54 Å². The second kappa shape index (κ2) is 5.07. The SMILES string of the molecule is O=[N+]([O-])C=Cc1cccn1Cc1cccnc1. The average Bonchev–Trinajstić information content (AvgIpc) is 2.75. The maximum atomic E-state index is 10.3. The molecule has 0 bridgehead atoms. The third-order valence-electron chi connectivity index (χ3n) is 2.31. The summed E-state index contributed by atoms with van der Waals surface area (Å²) in [5.74, 6) is 0. The van der Waals surface area contributed by atoms with Crippen LogP contribution in [0.2, 0.25) is 0 Å². The normalized spacial score (nSPS) is 10.8. The lowest BCUT2D eigenvalue weighted by Gasteiger charge is -2.05. The van der Waals surface area contributed by atoms with Crippen LogP contribution in [-0.2, 0) is 6.54 Å². The van der Waals surface area contributed by atoms with Gasteiger partial charge < -0.3 is 4.57 Å².